The average Bonchev–Trinajstić information content (AvgIpc) is 2.88. The van der Waals surface area contributed by atoms with Crippen LogP contribution in [-0.4, -0.2) is 20.6 Å². The average molecular weight is 305 g/mol. The van der Waals surface area contributed by atoms with Crippen molar-refractivity contribution in [3.8, 4) is 0 Å². The molecule has 0 saturated carbocycles. The molecule has 112 valence electrons. The van der Waals surface area contributed by atoms with Crippen molar-refractivity contribution in [2.45, 2.75) is 39.7 Å². The summed E-state index contributed by atoms with van der Waals surface area (Å²) in [6.45, 7) is 6.83. The largest absolute Gasteiger partial charge is 0.364 e. The molecule has 3 rings (SSSR count). The molecule has 4 nitrogen and oxygen atoms in total. The molecule has 1 aliphatic rings. The maximum Gasteiger partial charge on any atom is 0.243 e. The van der Waals surface area contributed by atoms with Gasteiger partial charge in [0.25, 0.3) is 0 Å². The molecule has 0 bridgehead atoms. The monoisotopic (exact) mass is 304 g/mol. The summed E-state index contributed by atoms with van der Waals surface area (Å²) in [4.78, 5) is 4.40. The van der Waals surface area contributed by atoms with Gasteiger partial charge in [-0.15, -0.1) is 5.10 Å². The number of anilines is 1. The molecular formula is C16H21ClN4. The quantitative estimate of drug-likeness (QED) is 0.865. The predicted octanol–water partition coefficient (Wildman–Crippen LogP) is 4.18. The van der Waals surface area contributed by atoms with Crippen molar-refractivity contribution in [1.29, 1.82) is 0 Å². The fourth-order valence-corrected chi connectivity index (χ4v) is 3.37. The van der Waals surface area contributed by atoms with Crippen molar-refractivity contribution in [3.05, 3.63) is 35.8 Å². The Hall–Kier alpha value is -1.55. The number of allylic oxidation sites excluding steroid dienone is 1. The highest BCUT2D eigenvalue weighted by molar-refractivity contribution is 6.28. The topological polar surface area (TPSA) is 42.2 Å². The van der Waals surface area contributed by atoms with Crippen LogP contribution in [0.15, 0.2) is 30.5 Å². The van der Waals surface area contributed by atoms with E-state index in [1.54, 1.807) is 4.52 Å². The Morgan fingerprint density at radius 3 is 3.05 bits per heavy atom. The van der Waals surface area contributed by atoms with E-state index in [1.807, 2.05) is 18.3 Å². The molecule has 1 N–H and O–H groups in total. The number of nitrogens with one attached hydrogen (secondary N) is 1. The maximum atomic E-state index is 6.04. The molecule has 2 aromatic rings. The summed E-state index contributed by atoms with van der Waals surface area (Å²) in [5.74, 6) is 1.31. The molecule has 0 radical (unpaired) electrons. The molecule has 21 heavy (non-hydrogen) atoms. The molecule has 0 aliphatic heterocycles. The fourth-order valence-electron chi connectivity index (χ4n) is 3.20. The first kappa shape index (κ1) is 14.4. The van der Waals surface area contributed by atoms with Gasteiger partial charge in [0.1, 0.15) is 5.52 Å². The molecule has 0 aromatic carbocycles. The van der Waals surface area contributed by atoms with Crippen molar-refractivity contribution in [2.24, 2.45) is 11.3 Å². The molecule has 0 unspecified atom stereocenters. The smallest absolute Gasteiger partial charge is 0.243 e. The van der Waals surface area contributed by atoms with Crippen molar-refractivity contribution in [1.82, 2.24) is 14.6 Å². The third-order valence-corrected chi connectivity index (χ3v) is 4.59. The minimum Gasteiger partial charge on any atom is -0.364 e. The zero-order valence-electron chi connectivity index (χ0n) is 12.7. The number of halogens is 1. The molecule has 0 amide bonds. The Balaban J connectivity index is 2.00. The highest BCUT2D eigenvalue weighted by Crippen LogP contribution is 2.38. The van der Waals surface area contributed by atoms with Crippen LogP contribution in [0, 0.1) is 11.3 Å². The third kappa shape index (κ3) is 2.64. The van der Waals surface area contributed by atoms with Gasteiger partial charge in [-0.2, -0.15) is 4.98 Å². The highest BCUT2D eigenvalue weighted by Gasteiger charge is 2.36. The SMILES string of the molecule is CC[C@@H]1C=CCC(C)(C)[C@H]1Nc1nc(Cl)nn2cccc12. The first-order chi connectivity index (χ1) is 10.0. The summed E-state index contributed by atoms with van der Waals surface area (Å²) in [6, 6.07) is 4.29. The van der Waals surface area contributed by atoms with Gasteiger partial charge in [-0.1, -0.05) is 32.9 Å². The number of hydrogen-bond donors (Lipinski definition) is 1. The normalized spacial score (nSPS) is 24.4. The van der Waals surface area contributed by atoms with Gasteiger partial charge in [0, 0.05) is 12.2 Å². The van der Waals surface area contributed by atoms with E-state index in [1.165, 1.54) is 0 Å². The van der Waals surface area contributed by atoms with Gasteiger partial charge in [0.15, 0.2) is 5.82 Å². The number of aromatic nitrogens is 3. The zero-order valence-corrected chi connectivity index (χ0v) is 13.4. The molecule has 0 saturated heterocycles. The summed E-state index contributed by atoms with van der Waals surface area (Å²) in [5, 5.41) is 8.08. The lowest BCUT2D eigenvalue weighted by Gasteiger charge is -2.41. The van der Waals surface area contributed by atoms with Crippen LogP contribution in [0.4, 0.5) is 5.82 Å². The number of rotatable bonds is 3. The standard InChI is InChI=1S/C16H21ClN4/c1-4-11-7-5-9-16(2,3)13(11)18-14-12-8-6-10-21(12)20-15(17)19-14/h5-8,10-11,13H,4,9H2,1-3H3,(H,18,19,20)/t11-,13+/m1/s1. The Morgan fingerprint density at radius 1 is 1.48 bits per heavy atom. The Kier molecular flexibility index (Phi) is 3.66. The van der Waals surface area contributed by atoms with Crippen LogP contribution >= 0.6 is 11.6 Å². The predicted molar refractivity (Wildman–Crippen MR) is 86.7 cm³/mol. The zero-order chi connectivity index (χ0) is 15.0. The van der Waals surface area contributed by atoms with E-state index >= 15 is 0 Å². The van der Waals surface area contributed by atoms with Crippen LogP contribution in [-0.2, 0) is 0 Å². The summed E-state index contributed by atoms with van der Waals surface area (Å²) in [5.41, 5.74) is 1.13. The maximum absolute atomic E-state index is 6.04. The first-order valence-corrected chi connectivity index (χ1v) is 7.83. The Bertz CT molecular complexity index is 674. The molecule has 2 aromatic heterocycles. The van der Waals surface area contributed by atoms with Gasteiger partial charge in [-0.05, 0) is 47.9 Å². The molecule has 2 atom stereocenters. The van der Waals surface area contributed by atoms with E-state index in [9.17, 15) is 0 Å². The van der Waals surface area contributed by atoms with Crippen molar-refractivity contribution in [2.75, 3.05) is 5.32 Å². The third-order valence-electron chi connectivity index (χ3n) is 4.43. The van der Waals surface area contributed by atoms with Crippen LogP contribution in [0.1, 0.15) is 33.6 Å². The summed E-state index contributed by atoms with van der Waals surface area (Å²) in [6.07, 6.45) is 8.68. The van der Waals surface area contributed by atoms with Crippen LogP contribution in [0.2, 0.25) is 5.28 Å². The van der Waals surface area contributed by atoms with Gasteiger partial charge in [-0.25, -0.2) is 4.52 Å². The Morgan fingerprint density at radius 2 is 2.29 bits per heavy atom. The van der Waals surface area contributed by atoms with Crippen molar-refractivity contribution >= 4 is 22.9 Å². The summed E-state index contributed by atoms with van der Waals surface area (Å²) >= 11 is 6.04. The summed E-state index contributed by atoms with van der Waals surface area (Å²) < 4.78 is 1.77. The molecule has 0 fully saturated rings. The molecule has 5 heteroatoms. The second kappa shape index (κ2) is 5.34. The highest BCUT2D eigenvalue weighted by atomic mass is 35.5. The minimum absolute atomic E-state index is 0.177. The molecule has 0 spiro atoms. The van der Waals surface area contributed by atoms with Crippen LogP contribution < -0.4 is 5.32 Å². The summed E-state index contributed by atoms with van der Waals surface area (Å²) in [7, 11) is 0. The van der Waals surface area contributed by atoms with Crippen molar-refractivity contribution in [3.63, 3.8) is 0 Å². The van der Waals surface area contributed by atoms with Gasteiger partial charge in [0.2, 0.25) is 5.28 Å². The van der Waals surface area contributed by atoms with Gasteiger partial charge >= 0.3 is 0 Å². The van der Waals surface area contributed by atoms with E-state index in [-0.39, 0.29) is 10.7 Å². The second-order valence-corrected chi connectivity index (χ2v) is 6.72. The fraction of sp³-hybridized carbons (Fsp3) is 0.500. The number of fused-ring (bicyclic) bond motifs is 1. The first-order valence-electron chi connectivity index (χ1n) is 7.45. The van der Waals surface area contributed by atoms with Gasteiger partial charge in [0.05, 0.1) is 0 Å². The number of hydrogen-bond acceptors (Lipinski definition) is 3. The van der Waals surface area contributed by atoms with Gasteiger partial charge in [-0.3, -0.25) is 0 Å². The Labute approximate surface area is 130 Å². The van der Waals surface area contributed by atoms with E-state index in [0.717, 1.165) is 24.2 Å². The van der Waals surface area contributed by atoms with Crippen LogP contribution in [0.25, 0.3) is 5.52 Å². The van der Waals surface area contributed by atoms with Crippen LogP contribution in [0.5, 0.6) is 0 Å². The van der Waals surface area contributed by atoms with Gasteiger partial charge < -0.3 is 5.32 Å². The number of nitrogens with zero attached hydrogens (tertiary/aromatic N) is 3. The lowest BCUT2D eigenvalue weighted by atomic mass is 9.70. The molecule has 2 heterocycles. The molecular weight excluding hydrogens is 284 g/mol. The second-order valence-electron chi connectivity index (χ2n) is 6.38. The lowest BCUT2D eigenvalue weighted by Crippen LogP contribution is -2.43. The lowest BCUT2D eigenvalue weighted by molar-refractivity contribution is 0.241. The minimum atomic E-state index is 0.177. The van der Waals surface area contributed by atoms with E-state index < -0.39 is 0 Å². The van der Waals surface area contributed by atoms with Crippen molar-refractivity contribution < 1.29 is 0 Å². The van der Waals surface area contributed by atoms with E-state index in [2.05, 4.69) is 48.3 Å². The van der Waals surface area contributed by atoms with Crippen LogP contribution in [0.3, 0.4) is 0 Å². The van der Waals surface area contributed by atoms with E-state index in [0.29, 0.717) is 12.0 Å². The molecule has 1 aliphatic carbocycles. The van der Waals surface area contributed by atoms with E-state index in [4.69, 9.17) is 11.6 Å².